The van der Waals surface area contributed by atoms with Crippen molar-refractivity contribution in [2.45, 2.75) is 31.4 Å². The first-order chi connectivity index (χ1) is 12.6. The molecule has 0 aliphatic carbocycles. The van der Waals surface area contributed by atoms with Crippen LogP contribution in [0.1, 0.15) is 41.7 Å². The molecule has 1 amide bonds. The maximum Gasteiger partial charge on any atom is 0.259 e. The molecule has 136 valence electrons. The monoisotopic (exact) mass is 351 g/mol. The molecule has 0 N–H and O–H groups in total. The number of carbonyl (C=O) groups excluding carboxylic acids is 1. The molecule has 1 aromatic heterocycles. The van der Waals surface area contributed by atoms with Crippen LogP contribution in [-0.4, -0.2) is 53.0 Å². The molecular weight excluding hydrogens is 326 g/mol. The third-order valence-electron chi connectivity index (χ3n) is 5.73. The summed E-state index contributed by atoms with van der Waals surface area (Å²) in [5.74, 6) is 0.469. The fourth-order valence-electron chi connectivity index (χ4n) is 4.10. The molecule has 2 aliphatic rings. The standard InChI is InChI=1S/C21H25N3O2/c1-16(17-7-4-3-5-8-17)24-13-10-21(11-14-24)15-23(2)20(25)18-9-6-12-22-19(18)26-21/h3-9,12,16H,10-11,13-15H2,1-2H3. The lowest BCUT2D eigenvalue weighted by molar-refractivity contribution is -0.0224. The Hall–Kier alpha value is -2.40. The molecule has 4 rings (SSSR count). The van der Waals surface area contributed by atoms with Gasteiger partial charge in [0.15, 0.2) is 0 Å². The summed E-state index contributed by atoms with van der Waals surface area (Å²) in [6.07, 6.45) is 3.47. The van der Waals surface area contributed by atoms with Crippen LogP contribution in [0.25, 0.3) is 0 Å². The van der Waals surface area contributed by atoms with Crippen molar-refractivity contribution in [1.82, 2.24) is 14.8 Å². The van der Waals surface area contributed by atoms with E-state index in [1.807, 2.05) is 7.05 Å². The van der Waals surface area contributed by atoms with Crippen molar-refractivity contribution in [3.63, 3.8) is 0 Å². The van der Waals surface area contributed by atoms with Crippen molar-refractivity contribution in [3.8, 4) is 5.88 Å². The minimum absolute atomic E-state index is 0.00921. The summed E-state index contributed by atoms with van der Waals surface area (Å²) in [6, 6.07) is 14.6. The lowest BCUT2D eigenvalue weighted by atomic mass is 9.89. The van der Waals surface area contributed by atoms with Gasteiger partial charge in [0.2, 0.25) is 5.88 Å². The van der Waals surface area contributed by atoms with Crippen molar-refractivity contribution < 1.29 is 9.53 Å². The molecule has 1 unspecified atom stereocenters. The zero-order valence-electron chi connectivity index (χ0n) is 15.4. The Morgan fingerprint density at radius 3 is 2.58 bits per heavy atom. The molecule has 0 radical (unpaired) electrons. The van der Waals surface area contributed by atoms with Crippen LogP contribution in [0, 0.1) is 0 Å². The van der Waals surface area contributed by atoms with Crippen LogP contribution in [0.15, 0.2) is 48.7 Å². The van der Waals surface area contributed by atoms with E-state index < -0.39 is 0 Å². The third kappa shape index (κ3) is 3.07. The van der Waals surface area contributed by atoms with Crippen LogP contribution < -0.4 is 4.74 Å². The molecule has 1 fully saturated rings. The van der Waals surface area contributed by atoms with Crippen molar-refractivity contribution >= 4 is 5.91 Å². The number of benzene rings is 1. The van der Waals surface area contributed by atoms with E-state index in [0.717, 1.165) is 25.9 Å². The summed E-state index contributed by atoms with van der Waals surface area (Å²) in [6.45, 7) is 4.75. The molecule has 1 atom stereocenters. The lowest BCUT2D eigenvalue weighted by Crippen LogP contribution is -2.53. The second kappa shape index (κ2) is 6.72. The number of amides is 1. The van der Waals surface area contributed by atoms with Gasteiger partial charge in [-0.05, 0) is 24.6 Å². The number of carbonyl (C=O) groups is 1. The molecule has 2 aromatic rings. The Bertz CT molecular complexity index is 785. The quantitative estimate of drug-likeness (QED) is 0.834. The first kappa shape index (κ1) is 17.0. The Morgan fingerprint density at radius 2 is 1.85 bits per heavy atom. The smallest absolute Gasteiger partial charge is 0.259 e. The van der Waals surface area contributed by atoms with Gasteiger partial charge in [-0.1, -0.05) is 30.3 Å². The highest BCUT2D eigenvalue weighted by Crippen LogP contribution is 2.35. The largest absolute Gasteiger partial charge is 0.468 e. The third-order valence-corrected chi connectivity index (χ3v) is 5.73. The molecule has 2 aliphatic heterocycles. The van der Waals surface area contributed by atoms with E-state index in [9.17, 15) is 4.79 Å². The molecule has 0 bridgehead atoms. The number of likely N-dealkylation sites (N-methyl/N-ethyl adjacent to an activating group) is 1. The molecule has 5 nitrogen and oxygen atoms in total. The number of hydrogen-bond acceptors (Lipinski definition) is 4. The maximum absolute atomic E-state index is 12.6. The fraction of sp³-hybridized carbons (Fsp3) is 0.429. The van der Waals surface area contributed by atoms with Crippen LogP contribution in [0.3, 0.4) is 0 Å². The van der Waals surface area contributed by atoms with Crippen LogP contribution in [0.4, 0.5) is 0 Å². The van der Waals surface area contributed by atoms with E-state index in [1.165, 1.54) is 5.56 Å². The minimum atomic E-state index is -0.350. The number of ether oxygens (including phenoxy) is 1. The van der Waals surface area contributed by atoms with E-state index in [0.29, 0.717) is 24.0 Å². The van der Waals surface area contributed by atoms with E-state index in [4.69, 9.17) is 4.74 Å². The van der Waals surface area contributed by atoms with Crippen LogP contribution in [0.2, 0.25) is 0 Å². The van der Waals surface area contributed by atoms with E-state index in [-0.39, 0.29) is 11.5 Å². The van der Waals surface area contributed by atoms with Crippen molar-refractivity contribution in [2.24, 2.45) is 0 Å². The first-order valence-corrected chi connectivity index (χ1v) is 9.26. The zero-order valence-corrected chi connectivity index (χ0v) is 15.4. The normalized spacial score (nSPS) is 21.0. The highest BCUT2D eigenvalue weighted by Gasteiger charge is 2.43. The Balaban J connectivity index is 1.52. The summed E-state index contributed by atoms with van der Waals surface area (Å²) < 4.78 is 6.36. The highest BCUT2D eigenvalue weighted by molar-refractivity contribution is 5.96. The van der Waals surface area contributed by atoms with E-state index >= 15 is 0 Å². The van der Waals surface area contributed by atoms with Gasteiger partial charge in [0, 0.05) is 45.2 Å². The number of nitrogens with zero attached hydrogens (tertiary/aromatic N) is 3. The lowest BCUT2D eigenvalue weighted by Gasteiger charge is -2.43. The predicted molar refractivity (Wildman–Crippen MR) is 100 cm³/mol. The highest BCUT2D eigenvalue weighted by atomic mass is 16.5. The summed E-state index contributed by atoms with van der Waals surface area (Å²) in [7, 11) is 1.86. The first-order valence-electron chi connectivity index (χ1n) is 9.26. The number of pyridine rings is 1. The average Bonchev–Trinajstić information content (AvgIpc) is 2.78. The summed E-state index contributed by atoms with van der Waals surface area (Å²) in [5.41, 5.74) is 1.55. The number of likely N-dealkylation sites (tertiary alicyclic amines) is 1. The van der Waals surface area contributed by atoms with Gasteiger partial charge in [-0.2, -0.15) is 0 Å². The van der Waals surface area contributed by atoms with Gasteiger partial charge in [0.25, 0.3) is 5.91 Å². The second-order valence-corrected chi connectivity index (χ2v) is 7.43. The number of rotatable bonds is 2. The van der Waals surface area contributed by atoms with Crippen LogP contribution in [-0.2, 0) is 0 Å². The van der Waals surface area contributed by atoms with Crippen LogP contribution in [0.5, 0.6) is 5.88 Å². The van der Waals surface area contributed by atoms with Gasteiger partial charge in [0.05, 0.1) is 6.54 Å². The Labute approximate surface area is 154 Å². The molecule has 5 heteroatoms. The summed E-state index contributed by atoms with van der Waals surface area (Å²) in [4.78, 5) is 21.2. The van der Waals surface area contributed by atoms with Gasteiger partial charge >= 0.3 is 0 Å². The van der Waals surface area contributed by atoms with Crippen LogP contribution >= 0.6 is 0 Å². The Kier molecular flexibility index (Phi) is 4.41. The SMILES string of the molecule is CC(c1ccccc1)N1CCC2(CC1)CN(C)C(=O)c1cccnc1O2. The Morgan fingerprint density at radius 1 is 1.12 bits per heavy atom. The van der Waals surface area contributed by atoms with Gasteiger partial charge in [-0.3, -0.25) is 9.69 Å². The molecule has 0 saturated carbocycles. The molecular formula is C21H25N3O2. The van der Waals surface area contributed by atoms with Crippen molar-refractivity contribution in [1.29, 1.82) is 0 Å². The molecule has 26 heavy (non-hydrogen) atoms. The molecule has 1 spiro atoms. The van der Waals surface area contributed by atoms with Crippen molar-refractivity contribution in [2.75, 3.05) is 26.7 Å². The molecule has 1 aromatic carbocycles. The average molecular weight is 351 g/mol. The zero-order chi connectivity index (χ0) is 18.1. The fourth-order valence-corrected chi connectivity index (χ4v) is 4.10. The van der Waals surface area contributed by atoms with E-state index in [2.05, 4.69) is 47.1 Å². The maximum atomic E-state index is 12.6. The summed E-state index contributed by atoms with van der Waals surface area (Å²) >= 11 is 0. The minimum Gasteiger partial charge on any atom is -0.468 e. The number of hydrogen-bond donors (Lipinski definition) is 0. The van der Waals surface area contributed by atoms with Crippen molar-refractivity contribution in [3.05, 3.63) is 59.8 Å². The molecule has 3 heterocycles. The topological polar surface area (TPSA) is 45.7 Å². The van der Waals surface area contributed by atoms with E-state index in [1.54, 1.807) is 23.2 Å². The predicted octanol–water partition coefficient (Wildman–Crippen LogP) is 3.14. The van der Waals surface area contributed by atoms with Gasteiger partial charge in [-0.15, -0.1) is 0 Å². The summed E-state index contributed by atoms with van der Waals surface area (Å²) in [5, 5.41) is 0. The second-order valence-electron chi connectivity index (χ2n) is 7.43. The number of aromatic nitrogens is 1. The van der Waals surface area contributed by atoms with Gasteiger partial charge in [-0.25, -0.2) is 4.98 Å². The van der Waals surface area contributed by atoms with Gasteiger partial charge < -0.3 is 9.64 Å². The number of fused-ring (bicyclic) bond motifs is 1. The number of piperidine rings is 1. The molecule has 1 saturated heterocycles. The van der Waals surface area contributed by atoms with Gasteiger partial charge in [0.1, 0.15) is 11.2 Å².